The smallest absolute Gasteiger partial charge is 0.315 e. The molecule has 9 fully saturated rings. The summed E-state index contributed by atoms with van der Waals surface area (Å²) < 4.78 is 59.0. The fourth-order valence-corrected chi connectivity index (χ4v) is 16.6. The molecule has 25 nitrogen and oxygen atoms in total. The molecule has 0 amide bonds. The molecule has 10 rings (SSSR count). The largest absolute Gasteiger partial charge is 0.432 e. The van der Waals surface area contributed by atoms with Gasteiger partial charge >= 0.3 is 5.97 Å². The van der Waals surface area contributed by atoms with Gasteiger partial charge in [-0.3, -0.25) is 4.79 Å². The van der Waals surface area contributed by atoms with Gasteiger partial charge in [0, 0.05) is 5.92 Å². The van der Waals surface area contributed by atoms with Crippen molar-refractivity contribution in [3.8, 4) is 0 Å². The van der Waals surface area contributed by atoms with Crippen molar-refractivity contribution in [3.05, 3.63) is 23.8 Å². The van der Waals surface area contributed by atoms with Crippen LogP contribution in [0.4, 0.5) is 0 Å². The van der Waals surface area contributed by atoms with Crippen LogP contribution in [0.3, 0.4) is 0 Å². The number of esters is 1. The lowest BCUT2D eigenvalue weighted by atomic mass is 9.34. The van der Waals surface area contributed by atoms with Gasteiger partial charge in [-0.05, 0) is 97.7 Å². The van der Waals surface area contributed by atoms with E-state index in [1.54, 1.807) is 0 Å². The van der Waals surface area contributed by atoms with Crippen LogP contribution in [0.1, 0.15) is 98.8 Å². The maximum Gasteiger partial charge on any atom is 0.315 e. The fraction of sp³-hybridized carbons (Fsp3) is 0.911. The second kappa shape index (κ2) is 23.3. The highest BCUT2D eigenvalue weighted by Crippen LogP contribution is 2.75. The first kappa shape index (κ1) is 62.1. The van der Waals surface area contributed by atoms with Gasteiger partial charge in [0.1, 0.15) is 104 Å². The van der Waals surface area contributed by atoms with E-state index < -0.39 is 178 Å². The molecular weight excluding hydrogens is 1070 g/mol. The molecule has 0 radical (unpaired) electrons. The summed E-state index contributed by atoms with van der Waals surface area (Å²) in [5.41, 5.74) is -0.154. The Kier molecular flexibility index (Phi) is 17.8. The van der Waals surface area contributed by atoms with Crippen molar-refractivity contribution in [1.82, 2.24) is 0 Å². The predicted octanol–water partition coefficient (Wildman–Crippen LogP) is -2.76. The Balaban J connectivity index is 0.827. The molecule has 30 atom stereocenters. The van der Waals surface area contributed by atoms with Crippen LogP contribution in [0, 0.1) is 44.8 Å². The van der Waals surface area contributed by atoms with Gasteiger partial charge in [-0.15, -0.1) is 0 Å². The van der Waals surface area contributed by atoms with E-state index in [0.717, 1.165) is 31.3 Å². The molecule has 5 aliphatic heterocycles. The van der Waals surface area contributed by atoms with Crippen molar-refractivity contribution >= 4 is 5.97 Å². The van der Waals surface area contributed by atoms with Crippen LogP contribution in [0.25, 0.3) is 0 Å². The van der Waals surface area contributed by atoms with Gasteiger partial charge in [-0.1, -0.05) is 58.4 Å². The maximum atomic E-state index is 15.0. The topological polar surface area (TPSA) is 393 Å². The number of hydrogen-bond donors (Lipinski definition) is 14. The molecule has 10 aliphatic rings. The van der Waals surface area contributed by atoms with Gasteiger partial charge < -0.3 is 119 Å². The van der Waals surface area contributed by atoms with Gasteiger partial charge in [0.2, 0.25) is 6.29 Å². The van der Waals surface area contributed by atoms with Crippen molar-refractivity contribution in [2.75, 3.05) is 33.0 Å². The van der Waals surface area contributed by atoms with Gasteiger partial charge in [0.15, 0.2) is 25.2 Å². The Morgan fingerprint density at radius 2 is 1.19 bits per heavy atom. The van der Waals surface area contributed by atoms with Gasteiger partial charge in [0.05, 0.1) is 44.6 Å². The third kappa shape index (κ3) is 10.5. The van der Waals surface area contributed by atoms with Crippen molar-refractivity contribution in [3.63, 3.8) is 0 Å². The highest BCUT2D eigenvalue weighted by Gasteiger charge is 2.70. The van der Waals surface area contributed by atoms with Gasteiger partial charge in [-0.2, -0.15) is 0 Å². The lowest BCUT2D eigenvalue weighted by Gasteiger charge is -2.71. The summed E-state index contributed by atoms with van der Waals surface area (Å²) in [6.45, 7) is 13.5. The quantitative estimate of drug-likeness (QED) is 0.0535. The molecule has 5 heterocycles. The van der Waals surface area contributed by atoms with Crippen molar-refractivity contribution in [2.24, 2.45) is 44.8 Å². The number of aliphatic hydroxyl groups is 14. The first-order valence-corrected chi connectivity index (χ1v) is 28.9. The molecule has 81 heavy (non-hydrogen) atoms. The zero-order valence-electron chi connectivity index (χ0n) is 46.7. The Bertz CT molecular complexity index is 2270. The first-order chi connectivity index (χ1) is 38.1. The number of rotatable bonds is 12. The number of allylic oxidation sites excluding steroid dienone is 3. The van der Waals surface area contributed by atoms with E-state index in [4.69, 9.17) is 47.4 Å². The predicted molar refractivity (Wildman–Crippen MR) is 273 cm³/mol. The lowest BCUT2D eigenvalue weighted by Crippen LogP contribution is -2.66. The zero-order chi connectivity index (χ0) is 58.6. The molecule has 4 saturated carbocycles. The van der Waals surface area contributed by atoms with E-state index in [2.05, 4.69) is 47.3 Å². The summed E-state index contributed by atoms with van der Waals surface area (Å²) in [5.74, 6) is -0.584. The molecule has 0 bridgehead atoms. The van der Waals surface area contributed by atoms with Crippen LogP contribution in [-0.2, 0) is 52.2 Å². The third-order valence-electron chi connectivity index (χ3n) is 21.8. The number of hydrogen-bond acceptors (Lipinski definition) is 25. The normalized spacial score (nSPS) is 53.7. The Labute approximate surface area is 470 Å². The monoisotopic (exact) mass is 1160 g/mol. The van der Waals surface area contributed by atoms with Crippen LogP contribution < -0.4 is 0 Å². The molecule has 0 aromatic heterocycles. The summed E-state index contributed by atoms with van der Waals surface area (Å²) >= 11 is 0. The minimum absolute atomic E-state index is 0.132. The average Bonchev–Trinajstić information content (AvgIpc) is 2.43. The SMILES string of the molecule is C=C1CC[C@]2(C(=O)O[C@@H]3O[C@H](CO[C@@H]4O[C@H](CO)[C@@H](O)[C@H](O)[C@H]4O)[C@@H](O)[C@H](O)[C@H]3O)CC[C@]3(C)C(=CC[C@@H]4[C@@]5(C)CC[C@H](O[C@@H]6OC[C@H](O)[C@H](O)[C@H]6O[C@@H]6OC[C@H](O)[C@H](O[C@@H]7OC[C@H](O)[C@H](O)[C@H]7O)[C@H]6O)C(C)(C)[C@@H]5CC[C@]43C)[C@@H]2C1. The Morgan fingerprint density at radius 3 is 1.88 bits per heavy atom. The molecule has 5 saturated heterocycles. The summed E-state index contributed by atoms with van der Waals surface area (Å²) in [6, 6.07) is 0. The highest BCUT2D eigenvalue weighted by atomic mass is 16.8. The number of carbonyl (C=O) groups is 1. The molecule has 0 aromatic carbocycles. The second-order valence-corrected chi connectivity index (χ2v) is 26.4. The summed E-state index contributed by atoms with van der Waals surface area (Å²) in [5, 5.41) is 149. The number of aliphatic hydroxyl groups excluding tert-OH is 14. The number of carbonyl (C=O) groups excluding carboxylic acids is 1. The van der Waals surface area contributed by atoms with E-state index in [9.17, 15) is 76.3 Å². The molecule has 0 unspecified atom stereocenters. The molecular formula is C56H88O25. The van der Waals surface area contributed by atoms with Crippen molar-refractivity contribution < 1.29 is 124 Å². The molecule has 0 aromatic rings. The summed E-state index contributed by atoms with van der Waals surface area (Å²) in [7, 11) is 0. The average molecular weight is 1160 g/mol. The molecule has 14 N–H and O–H groups in total. The van der Waals surface area contributed by atoms with Gasteiger partial charge in [-0.25, -0.2) is 0 Å². The zero-order valence-corrected chi connectivity index (χ0v) is 46.7. The molecule has 5 aliphatic carbocycles. The van der Waals surface area contributed by atoms with Crippen LogP contribution in [-0.4, -0.2) is 252 Å². The Hall–Kier alpha value is -1.97. The fourth-order valence-electron chi connectivity index (χ4n) is 16.6. The summed E-state index contributed by atoms with van der Waals surface area (Å²) in [4.78, 5) is 15.0. The molecule has 462 valence electrons. The number of ether oxygens (including phenoxy) is 10. The van der Waals surface area contributed by atoms with Crippen LogP contribution in [0.5, 0.6) is 0 Å². The molecule has 0 spiro atoms. The van der Waals surface area contributed by atoms with E-state index in [1.807, 2.05) is 0 Å². The van der Waals surface area contributed by atoms with Crippen LogP contribution in [0.2, 0.25) is 0 Å². The number of fused-ring (bicyclic) bond motifs is 7. The van der Waals surface area contributed by atoms with E-state index in [0.29, 0.717) is 38.5 Å². The van der Waals surface area contributed by atoms with Crippen LogP contribution >= 0.6 is 0 Å². The van der Waals surface area contributed by atoms with Crippen molar-refractivity contribution in [2.45, 2.75) is 240 Å². The van der Waals surface area contributed by atoms with E-state index in [1.165, 1.54) is 5.57 Å². The highest BCUT2D eigenvalue weighted by molar-refractivity contribution is 5.79. The minimum atomic E-state index is -1.85. The van der Waals surface area contributed by atoms with Crippen molar-refractivity contribution in [1.29, 1.82) is 0 Å². The third-order valence-corrected chi connectivity index (χ3v) is 21.8. The van der Waals surface area contributed by atoms with Gasteiger partial charge in [0.25, 0.3) is 0 Å². The first-order valence-electron chi connectivity index (χ1n) is 28.9. The second-order valence-electron chi connectivity index (χ2n) is 26.4. The Morgan fingerprint density at radius 1 is 0.593 bits per heavy atom. The van der Waals surface area contributed by atoms with E-state index in [-0.39, 0.29) is 47.2 Å². The lowest BCUT2D eigenvalue weighted by molar-refractivity contribution is -0.369. The summed E-state index contributed by atoms with van der Waals surface area (Å²) in [6.07, 6.45) is -26.3. The van der Waals surface area contributed by atoms with E-state index >= 15 is 0 Å². The standard InChI is InChI=1S/C56H88O25/c1-23-9-14-56(51(71)81-49-42(69)39(66)37(64)30(77-49)22-75-46-41(68)38(65)36(63)29(18-57)76-46)16-15-54(5)24(25(56)17-23)7-8-32-53(4)12-11-33(52(2,3)31(53)10-13-55(32,54)6)78-50-45(35(62)27(59)20-74-50)80-48-43(70)44(28(60)21-73-48)79-47-40(67)34(61)26(58)19-72-47/h7,25-50,57-70H,1,8-22H2,2-6H3/t25-,26-,27-,28-,29+,30+,31-,32+,33-,34-,35-,36+,37+,38-,39-,40+,41+,42+,43+,44-,45+,46+,47-,48-,49-,50-,53-,54+,55+,56-/m0/s1. The van der Waals surface area contributed by atoms with Crippen LogP contribution in [0.15, 0.2) is 23.8 Å². The maximum absolute atomic E-state index is 15.0. The molecule has 25 heteroatoms. The minimum Gasteiger partial charge on any atom is -0.432 e.